The van der Waals surface area contributed by atoms with Crippen LogP contribution in [0.5, 0.6) is 0 Å². The first-order valence-corrected chi connectivity index (χ1v) is 10.1. The molecule has 0 aromatic carbocycles. The van der Waals surface area contributed by atoms with Crippen molar-refractivity contribution in [2.75, 3.05) is 32.1 Å². The molecule has 0 aliphatic carbocycles. The van der Waals surface area contributed by atoms with Crippen molar-refractivity contribution in [1.82, 2.24) is 19.7 Å². The van der Waals surface area contributed by atoms with Gasteiger partial charge >= 0.3 is 0 Å². The molecule has 29 heavy (non-hydrogen) atoms. The molecular weight excluding hydrogens is 370 g/mol. The number of nitrogens with zero attached hydrogens (tertiary/aromatic N) is 3. The van der Waals surface area contributed by atoms with Crippen LogP contribution >= 0.6 is 0 Å². The zero-order valence-electron chi connectivity index (χ0n) is 17.9. The molecule has 1 atom stereocenters. The Morgan fingerprint density at radius 3 is 2.79 bits per heavy atom. The first-order chi connectivity index (χ1) is 13.8. The van der Waals surface area contributed by atoms with Crippen molar-refractivity contribution in [3.05, 3.63) is 34.9 Å². The highest BCUT2D eigenvalue weighted by Gasteiger charge is 2.30. The summed E-state index contributed by atoms with van der Waals surface area (Å²) < 4.78 is 7.08. The Hall–Kier alpha value is -2.61. The van der Waals surface area contributed by atoms with Crippen LogP contribution in [0, 0.1) is 13.8 Å². The maximum atomic E-state index is 13.3. The van der Waals surface area contributed by atoms with Crippen LogP contribution in [0.3, 0.4) is 0 Å². The van der Waals surface area contributed by atoms with Crippen molar-refractivity contribution in [3.8, 4) is 0 Å². The van der Waals surface area contributed by atoms with E-state index >= 15 is 0 Å². The number of aromatic amines is 1. The summed E-state index contributed by atoms with van der Waals surface area (Å²) in [4.78, 5) is 27.1. The average Bonchev–Trinajstić information content (AvgIpc) is 3.25. The van der Waals surface area contributed by atoms with E-state index in [9.17, 15) is 9.59 Å². The molecule has 0 unspecified atom stereocenters. The van der Waals surface area contributed by atoms with Crippen molar-refractivity contribution in [2.24, 2.45) is 0 Å². The van der Waals surface area contributed by atoms with Crippen molar-refractivity contribution in [1.29, 1.82) is 0 Å². The Morgan fingerprint density at radius 2 is 2.14 bits per heavy atom. The molecule has 2 aromatic heterocycles. The number of aromatic nitrogens is 3. The number of amides is 2. The fraction of sp³-hybridized carbons (Fsp3) is 0.571. The minimum atomic E-state index is -0.222. The molecule has 1 fully saturated rings. The van der Waals surface area contributed by atoms with Gasteiger partial charge in [0.1, 0.15) is 6.61 Å². The molecule has 2 N–H and O–H groups in total. The summed E-state index contributed by atoms with van der Waals surface area (Å²) in [5, 5.41) is 9.95. The van der Waals surface area contributed by atoms with E-state index in [-0.39, 0.29) is 24.3 Å². The molecule has 158 valence electrons. The van der Waals surface area contributed by atoms with Gasteiger partial charge in [-0.3, -0.25) is 14.7 Å². The number of hydrogen-bond donors (Lipinski definition) is 2. The van der Waals surface area contributed by atoms with Crippen LogP contribution in [-0.4, -0.2) is 58.3 Å². The molecule has 2 aromatic rings. The number of H-pyrrole nitrogens is 1. The van der Waals surface area contributed by atoms with E-state index in [2.05, 4.69) is 33.9 Å². The van der Waals surface area contributed by atoms with Crippen LogP contribution in [-0.2, 0) is 9.53 Å². The van der Waals surface area contributed by atoms with Gasteiger partial charge in [0.2, 0.25) is 5.91 Å². The quantitative estimate of drug-likeness (QED) is 0.778. The van der Waals surface area contributed by atoms with E-state index < -0.39 is 0 Å². The minimum Gasteiger partial charge on any atom is -0.375 e. The molecular formula is C21H31N5O3. The number of anilines is 1. The summed E-state index contributed by atoms with van der Waals surface area (Å²) in [6.07, 6.45) is 3.45. The fourth-order valence-corrected chi connectivity index (χ4v) is 4.38. The van der Waals surface area contributed by atoms with Crippen LogP contribution in [0.1, 0.15) is 66.1 Å². The van der Waals surface area contributed by atoms with Crippen molar-refractivity contribution in [3.63, 3.8) is 0 Å². The third kappa shape index (κ3) is 4.37. The van der Waals surface area contributed by atoms with Gasteiger partial charge in [0.05, 0.1) is 23.1 Å². The molecule has 8 heteroatoms. The summed E-state index contributed by atoms with van der Waals surface area (Å²) in [6.45, 7) is 9.64. The van der Waals surface area contributed by atoms with Crippen LogP contribution in [0.25, 0.3) is 0 Å². The van der Waals surface area contributed by atoms with E-state index in [1.165, 1.54) is 7.11 Å². The maximum absolute atomic E-state index is 13.3. The summed E-state index contributed by atoms with van der Waals surface area (Å²) >= 11 is 0. The third-order valence-corrected chi connectivity index (χ3v) is 5.57. The van der Waals surface area contributed by atoms with Gasteiger partial charge in [0, 0.05) is 43.5 Å². The second kappa shape index (κ2) is 8.82. The fourth-order valence-electron chi connectivity index (χ4n) is 4.38. The monoisotopic (exact) mass is 401 g/mol. The largest absolute Gasteiger partial charge is 0.375 e. The second-order valence-corrected chi connectivity index (χ2v) is 8.02. The maximum Gasteiger partial charge on any atom is 0.255 e. The summed E-state index contributed by atoms with van der Waals surface area (Å²) in [7, 11) is 1.48. The molecule has 1 saturated heterocycles. The van der Waals surface area contributed by atoms with E-state index in [1.54, 1.807) is 6.20 Å². The molecule has 1 aliphatic rings. The molecule has 0 bridgehead atoms. The van der Waals surface area contributed by atoms with Crippen LogP contribution in [0.15, 0.2) is 12.3 Å². The Bertz CT molecular complexity index is 883. The summed E-state index contributed by atoms with van der Waals surface area (Å²) in [5.41, 5.74) is 4.41. The van der Waals surface area contributed by atoms with Crippen molar-refractivity contribution >= 4 is 17.5 Å². The molecule has 0 spiro atoms. The van der Waals surface area contributed by atoms with Crippen LogP contribution < -0.4 is 5.32 Å². The third-order valence-electron chi connectivity index (χ3n) is 5.57. The number of rotatable bonds is 6. The van der Waals surface area contributed by atoms with E-state index in [0.29, 0.717) is 18.3 Å². The normalized spacial score (nSPS) is 17.0. The number of carbonyl (C=O) groups is 2. The number of aryl methyl sites for hydroxylation is 1. The van der Waals surface area contributed by atoms with Gasteiger partial charge < -0.3 is 19.5 Å². The number of ether oxygens (including phenoxy) is 1. The predicted octanol–water partition coefficient (Wildman–Crippen LogP) is 3.01. The molecule has 1 aliphatic heterocycles. The predicted molar refractivity (Wildman–Crippen MR) is 111 cm³/mol. The SMILES string of the molecule is COCC(=O)Nc1cn[nH]c1[C@H]1CCCN(C(=O)c2cc(C)n(C(C)C)c2C)C1. The molecule has 0 saturated carbocycles. The first-order valence-electron chi connectivity index (χ1n) is 10.1. The van der Waals surface area contributed by atoms with Gasteiger partial charge in [-0.25, -0.2) is 0 Å². The van der Waals surface area contributed by atoms with E-state index in [4.69, 9.17) is 4.74 Å². The highest BCUT2D eigenvalue weighted by molar-refractivity contribution is 5.96. The molecule has 3 rings (SSSR count). The minimum absolute atomic E-state index is 0.00857. The summed E-state index contributed by atoms with van der Waals surface area (Å²) in [6, 6.07) is 2.31. The Balaban J connectivity index is 1.77. The van der Waals surface area contributed by atoms with Crippen LogP contribution in [0.2, 0.25) is 0 Å². The molecule has 8 nitrogen and oxygen atoms in total. The number of carbonyl (C=O) groups excluding carboxylic acids is 2. The van der Waals surface area contributed by atoms with E-state index in [1.807, 2.05) is 24.8 Å². The smallest absolute Gasteiger partial charge is 0.255 e. The Kier molecular flexibility index (Phi) is 6.42. The summed E-state index contributed by atoms with van der Waals surface area (Å²) in [5.74, 6) is -0.0548. The lowest BCUT2D eigenvalue weighted by Crippen LogP contribution is -2.39. The lowest BCUT2D eigenvalue weighted by molar-refractivity contribution is -0.119. The number of likely N-dealkylation sites (tertiary alicyclic amines) is 1. The highest BCUT2D eigenvalue weighted by Crippen LogP contribution is 2.31. The molecule has 0 radical (unpaired) electrons. The average molecular weight is 402 g/mol. The van der Waals surface area contributed by atoms with Gasteiger partial charge in [0.15, 0.2) is 0 Å². The number of nitrogens with one attached hydrogen (secondary N) is 2. The lowest BCUT2D eigenvalue weighted by atomic mass is 9.93. The lowest BCUT2D eigenvalue weighted by Gasteiger charge is -2.32. The van der Waals surface area contributed by atoms with Gasteiger partial charge in [-0.2, -0.15) is 5.10 Å². The Morgan fingerprint density at radius 1 is 1.38 bits per heavy atom. The topological polar surface area (TPSA) is 92.2 Å². The number of methoxy groups -OCH3 is 1. The number of hydrogen-bond acceptors (Lipinski definition) is 4. The van der Waals surface area contributed by atoms with Gasteiger partial charge in [-0.1, -0.05) is 0 Å². The standard InChI is InChI=1S/C21H31N5O3/c1-13(2)26-14(3)9-17(15(26)4)21(28)25-8-6-7-16(11-25)20-18(10-22-24-20)23-19(27)12-29-5/h9-10,13,16H,6-8,11-12H2,1-5H3,(H,22,24)(H,23,27)/t16-/m0/s1. The molecule has 2 amide bonds. The second-order valence-electron chi connectivity index (χ2n) is 8.02. The van der Waals surface area contributed by atoms with Gasteiger partial charge in [-0.15, -0.1) is 0 Å². The molecule has 3 heterocycles. The van der Waals surface area contributed by atoms with E-state index in [0.717, 1.165) is 42.0 Å². The van der Waals surface area contributed by atoms with Crippen LogP contribution in [0.4, 0.5) is 5.69 Å². The zero-order chi connectivity index (χ0) is 21.1. The van der Waals surface area contributed by atoms with Gasteiger partial charge in [-0.05, 0) is 46.6 Å². The van der Waals surface area contributed by atoms with Crippen molar-refractivity contribution in [2.45, 2.75) is 52.5 Å². The number of piperidine rings is 1. The van der Waals surface area contributed by atoms with Gasteiger partial charge in [0.25, 0.3) is 5.91 Å². The highest BCUT2D eigenvalue weighted by atomic mass is 16.5. The zero-order valence-corrected chi connectivity index (χ0v) is 17.9. The van der Waals surface area contributed by atoms with Crippen molar-refractivity contribution < 1.29 is 14.3 Å². The first kappa shape index (κ1) is 21.1. The Labute approximate surface area is 171 Å².